The van der Waals surface area contributed by atoms with Crippen LogP contribution in [0.4, 0.5) is 4.79 Å². The van der Waals surface area contributed by atoms with Crippen molar-refractivity contribution in [2.24, 2.45) is 0 Å². The summed E-state index contributed by atoms with van der Waals surface area (Å²) < 4.78 is 9.56. The molecule has 8 heteroatoms. The maximum atomic E-state index is 12.3. The van der Waals surface area contributed by atoms with Crippen molar-refractivity contribution in [3.8, 4) is 6.07 Å². The summed E-state index contributed by atoms with van der Waals surface area (Å²) >= 11 is 1.44. The molecular weight excluding hydrogens is 380 g/mol. The number of hydrogen-bond acceptors (Lipinski definition) is 7. The van der Waals surface area contributed by atoms with Gasteiger partial charge in [0.1, 0.15) is 0 Å². The van der Waals surface area contributed by atoms with E-state index in [0.717, 1.165) is 5.56 Å². The van der Waals surface area contributed by atoms with E-state index >= 15 is 0 Å². The zero-order valence-corrected chi connectivity index (χ0v) is 16.0. The molecule has 0 radical (unpaired) electrons. The Balaban J connectivity index is 1.94. The first kappa shape index (κ1) is 21.0. The Hall–Kier alpha value is -3.31. The molecule has 0 fully saturated rings. The van der Waals surface area contributed by atoms with Crippen molar-refractivity contribution >= 4 is 29.7 Å². The number of alkyl carbamates (subject to hydrolysis) is 1. The van der Waals surface area contributed by atoms with Gasteiger partial charge < -0.3 is 9.47 Å². The van der Waals surface area contributed by atoms with Crippen LogP contribution in [0, 0.1) is 11.3 Å². The molecule has 0 atom stereocenters. The Morgan fingerprint density at radius 1 is 1.07 bits per heavy atom. The average Bonchev–Trinajstić information content (AvgIpc) is 2.71. The Morgan fingerprint density at radius 3 is 2.46 bits per heavy atom. The van der Waals surface area contributed by atoms with Gasteiger partial charge in [-0.1, -0.05) is 24.3 Å². The fraction of sp³-hybridized carbons (Fsp3) is 0.200. The molecule has 0 saturated carbocycles. The molecule has 0 aromatic heterocycles. The first-order chi connectivity index (χ1) is 13.5. The van der Waals surface area contributed by atoms with Crippen molar-refractivity contribution in [3.05, 3.63) is 65.2 Å². The normalized spacial score (nSPS) is 9.86. The van der Waals surface area contributed by atoms with Crippen LogP contribution in [-0.4, -0.2) is 31.2 Å². The highest BCUT2D eigenvalue weighted by atomic mass is 32.2. The van der Waals surface area contributed by atoms with Crippen LogP contribution in [-0.2, 0) is 20.0 Å². The summed E-state index contributed by atoms with van der Waals surface area (Å²) in [6.07, 6.45) is -0.887. The molecule has 0 saturated heterocycles. The van der Waals surface area contributed by atoms with Crippen molar-refractivity contribution < 1.29 is 23.9 Å². The molecule has 7 nitrogen and oxygen atoms in total. The van der Waals surface area contributed by atoms with Gasteiger partial charge in [-0.15, -0.1) is 11.8 Å². The number of thioether (sulfide) groups is 1. The van der Waals surface area contributed by atoms with Gasteiger partial charge in [0, 0.05) is 10.6 Å². The van der Waals surface area contributed by atoms with Gasteiger partial charge in [-0.25, -0.2) is 9.59 Å². The van der Waals surface area contributed by atoms with Crippen LogP contribution in [0.2, 0.25) is 0 Å². The first-order valence-corrected chi connectivity index (χ1v) is 9.36. The predicted molar refractivity (Wildman–Crippen MR) is 103 cm³/mol. The molecule has 2 rings (SSSR count). The molecular formula is C20H18N2O5S. The molecule has 0 bridgehead atoms. The number of carbonyl (C=O) groups excluding carboxylic acids is 3. The zero-order chi connectivity index (χ0) is 20.4. The second-order valence-corrected chi connectivity index (χ2v) is 6.46. The van der Waals surface area contributed by atoms with E-state index in [1.807, 2.05) is 17.4 Å². The molecule has 2 aromatic rings. The van der Waals surface area contributed by atoms with Crippen LogP contribution in [0.15, 0.2) is 53.4 Å². The summed E-state index contributed by atoms with van der Waals surface area (Å²) in [4.78, 5) is 35.8. The lowest BCUT2D eigenvalue weighted by Gasteiger charge is -2.09. The van der Waals surface area contributed by atoms with Gasteiger partial charge in [0.15, 0.2) is 6.61 Å². The maximum Gasteiger partial charge on any atom is 0.413 e. The molecule has 1 N–H and O–H groups in total. The van der Waals surface area contributed by atoms with Crippen molar-refractivity contribution in [2.75, 3.05) is 13.2 Å². The highest BCUT2D eigenvalue weighted by Crippen LogP contribution is 2.27. The van der Waals surface area contributed by atoms with Crippen LogP contribution in [0.5, 0.6) is 0 Å². The SMILES string of the molecule is CCOC(=O)NC(=O)COC(=O)c1ccccc1SCc1ccc(C#N)cc1. The fourth-order valence-corrected chi connectivity index (χ4v) is 3.12. The molecule has 28 heavy (non-hydrogen) atoms. The Kier molecular flexibility index (Phi) is 8.06. The monoisotopic (exact) mass is 398 g/mol. The Morgan fingerprint density at radius 2 is 1.79 bits per heavy atom. The lowest BCUT2D eigenvalue weighted by Crippen LogP contribution is -2.34. The number of nitrogens with one attached hydrogen (secondary N) is 1. The molecule has 2 aromatic carbocycles. The highest BCUT2D eigenvalue weighted by Gasteiger charge is 2.16. The predicted octanol–water partition coefficient (Wildman–Crippen LogP) is 3.28. The van der Waals surface area contributed by atoms with E-state index in [9.17, 15) is 14.4 Å². The smallest absolute Gasteiger partial charge is 0.413 e. The summed E-state index contributed by atoms with van der Waals surface area (Å²) in [5, 5.41) is 10.8. The summed E-state index contributed by atoms with van der Waals surface area (Å²) in [6, 6.07) is 16.1. The van der Waals surface area contributed by atoms with Gasteiger partial charge in [0.05, 0.1) is 23.8 Å². The number of imide groups is 1. The van der Waals surface area contributed by atoms with E-state index in [4.69, 9.17) is 10.00 Å². The van der Waals surface area contributed by atoms with Gasteiger partial charge in [-0.05, 0) is 36.8 Å². The number of nitrogens with zero attached hydrogens (tertiary/aromatic N) is 1. The number of nitriles is 1. The Labute approximate surface area is 166 Å². The largest absolute Gasteiger partial charge is 0.452 e. The summed E-state index contributed by atoms with van der Waals surface area (Å²) in [6.45, 7) is 1.14. The van der Waals surface area contributed by atoms with Gasteiger partial charge in [-0.2, -0.15) is 5.26 Å². The van der Waals surface area contributed by atoms with Crippen LogP contribution >= 0.6 is 11.8 Å². The summed E-state index contributed by atoms with van der Waals surface area (Å²) in [5.74, 6) is -0.837. The van der Waals surface area contributed by atoms with Crippen LogP contribution in [0.25, 0.3) is 0 Å². The summed E-state index contributed by atoms with van der Waals surface area (Å²) in [5.41, 5.74) is 1.91. The number of benzene rings is 2. The van der Waals surface area contributed by atoms with E-state index in [0.29, 0.717) is 21.8 Å². The van der Waals surface area contributed by atoms with E-state index in [2.05, 4.69) is 10.8 Å². The third-order valence-electron chi connectivity index (χ3n) is 3.44. The second-order valence-electron chi connectivity index (χ2n) is 5.44. The highest BCUT2D eigenvalue weighted by molar-refractivity contribution is 7.98. The quantitative estimate of drug-likeness (QED) is 0.563. The number of amides is 2. The van der Waals surface area contributed by atoms with Crippen LogP contribution in [0.3, 0.4) is 0 Å². The van der Waals surface area contributed by atoms with E-state index in [1.165, 1.54) is 11.8 Å². The molecule has 0 heterocycles. The van der Waals surface area contributed by atoms with Gasteiger partial charge >= 0.3 is 12.1 Å². The molecule has 0 aliphatic heterocycles. The number of ether oxygens (including phenoxy) is 2. The van der Waals surface area contributed by atoms with Gasteiger partial charge in [0.25, 0.3) is 5.91 Å². The minimum Gasteiger partial charge on any atom is -0.452 e. The molecule has 144 valence electrons. The minimum atomic E-state index is -0.887. The zero-order valence-electron chi connectivity index (χ0n) is 15.1. The number of esters is 1. The van der Waals surface area contributed by atoms with Crippen molar-refractivity contribution in [2.45, 2.75) is 17.6 Å². The number of hydrogen-bond donors (Lipinski definition) is 1. The van der Waals surface area contributed by atoms with Crippen molar-refractivity contribution in [1.29, 1.82) is 5.26 Å². The average molecular weight is 398 g/mol. The van der Waals surface area contributed by atoms with Gasteiger partial charge in [0.2, 0.25) is 0 Å². The minimum absolute atomic E-state index is 0.128. The van der Waals surface area contributed by atoms with Crippen molar-refractivity contribution in [3.63, 3.8) is 0 Å². The molecule has 0 spiro atoms. The van der Waals surface area contributed by atoms with Crippen molar-refractivity contribution in [1.82, 2.24) is 5.32 Å². The third kappa shape index (κ3) is 6.45. The molecule has 0 unspecified atom stereocenters. The summed E-state index contributed by atoms with van der Waals surface area (Å²) in [7, 11) is 0. The fourth-order valence-electron chi connectivity index (χ4n) is 2.12. The molecule has 2 amide bonds. The maximum absolute atomic E-state index is 12.3. The van der Waals surface area contributed by atoms with E-state index in [1.54, 1.807) is 43.3 Å². The van der Waals surface area contributed by atoms with E-state index < -0.39 is 24.6 Å². The van der Waals surface area contributed by atoms with Crippen LogP contribution in [0.1, 0.15) is 28.4 Å². The topological polar surface area (TPSA) is 105 Å². The molecule has 0 aliphatic carbocycles. The Bertz CT molecular complexity index is 890. The third-order valence-corrected chi connectivity index (χ3v) is 4.58. The first-order valence-electron chi connectivity index (χ1n) is 8.38. The lowest BCUT2D eigenvalue weighted by molar-refractivity contribution is -0.123. The lowest BCUT2D eigenvalue weighted by atomic mass is 10.2. The second kappa shape index (κ2) is 10.7. The number of rotatable bonds is 7. The standard InChI is InChI=1S/C20H18N2O5S/c1-2-26-20(25)22-18(23)12-27-19(24)16-5-3-4-6-17(16)28-13-15-9-7-14(11-21)8-10-15/h3-10H,2,12-13H2,1H3,(H,22,23,25). The van der Waals surface area contributed by atoms with Gasteiger partial charge in [-0.3, -0.25) is 10.1 Å². The molecule has 0 aliphatic rings. The number of carbonyl (C=O) groups is 3. The van der Waals surface area contributed by atoms with Crippen LogP contribution < -0.4 is 5.32 Å². The van der Waals surface area contributed by atoms with E-state index in [-0.39, 0.29) is 6.61 Å².